The summed E-state index contributed by atoms with van der Waals surface area (Å²) < 4.78 is 11.0. The van der Waals surface area contributed by atoms with Crippen LogP contribution in [-0.4, -0.2) is 39.6 Å². The van der Waals surface area contributed by atoms with Crippen LogP contribution < -0.4 is 0 Å². The van der Waals surface area contributed by atoms with Crippen LogP contribution in [0.15, 0.2) is 28.7 Å². The lowest BCUT2D eigenvalue weighted by molar-refractivity contribution is -0.156. The fraction of sp³-hybridized carbons (Fsp3) is 0.524. The van der Waals surface area contributed by atoms with E-state index in [1.165, 1.54) is 6.42 Å². The lowest BCUT2D eigenvalue weighted by Crippen LogP contribution is -2.36. The molecule has 0 unspecified atom stereocenters. The molecule has 29 heavy (non-hydrogen) atoms. The third-order valence-corrected chi connectivity index (χ3v) is 5.79. The number of nitrogens with zero attached hydrogens (tertiary/aromatic N) is 3. The Morgan fingerprint density at radius 2 is 1.86 bits per heavy atom. The van der Waals surface area contributed by atoms with Crippen LogP contribution in [0.2, 0.25) is 5.02 Å². The predicted octanol–water partition coefficient (Wildman–Crippen LogP) is 4.00. The van der Waals surface area contributed by atoms with Crippen LogP contribution in [0.4, 0.5) is 0 Å². The molecule has 2 fully saturated rings. The molecule has 2 aliphatic carbocycles. The number of rotatable bonds is 7. The summed E-state index contributed by atoms with van der Waals surface area (Å²) in [7, 11) is 0. The summed E-state index contributed by atoms with van der Waals surface area (Å²) in [4.78, 5) is 26.6. The number of hydrogen-bond acceptors (Lipinski definition) is 6. The first-order valence-corrected chi connectivity index (χ1v) is 10.5. The molecule has 2 aromatic rings. The average Bonchev–Trinajstić information content (AvgIpc) is 3.49. The fourth-order valence-electron chi connectivity index (χ4n) is 3.69. The van der Waals surface area contributed by atoms with Crippen LogP contribution in [0, 0.1) is 5.92 Å². The molecule has 0 atom stereocenters. The molecule has 0 bridgehead atoms. The van der Waals surface area contributed by atoms with Crippen LogP contribution in [0.5, 0.6) is 0 Å². The molecule has 1 heterocycles. The van der Waals surface area contributed by atoms with Crippen molar-refractivity contribution in [1.29, 1.82) is 0 Å². The standard InChI is InChI=1S/C21H24ClN3O4/c22-17-9-5-4-8-16(17)20-24-23-18(29-20)12-25(15-10-11-15)19(26)13-28-21(27)14-6-2-1-3-7-14/h4-5,8-9,14-15H,1-3,6-7,10-13H2. The first-order chi connectivity index (χ1) is 14.1. The van der Waals surface area contributed by atoms with E-state index in [0.717, 1.165) is 38.5 Å². The predicted molar refractivity (Wildman–Crippen MR) is 106 cm³/mol. The summed E-state index contributed by atoms with van der Waals surface area (Å²) in [5.74, 6) is 0.0955. The van der Waals surface area contributed by atoms with Gasteiger partial charge in [0.2, 0.25) is 11.8 Å². The van der Waals surface area contributed by atoms with Gasteiger partial charge >= 0.3 is 5.97 Å². The van der Waals surface area contributed by atoms with Crippen molar-refractivity contribution in [2.24, 2.45) is 5.92 Å². The Kier molecular flexibility index (Phi) is 6.13. The molecule has 4 rings (SSSR count). The maximum Gasteiger partial charge on any atom is 0.309 e. The molecule has 1 aromatic heterocycles. The van der Waals surface area contributed by atoms with Crippen molar-refractivity contribution in [3.8, 4) is 11.5 Å². The van der Waals surface area contributed by atoms with Crippen molar-refractivity contribution in [3.05, 3.63) is 35.2 Å². The monoisotopic (exact) mass is 417 g/mol. The molecule has 2 saturated carbocycles. The molecule has 2 aliphatic rings. The zero-order valence-corrected chi connectivity index (χ0v) is 16.9. The van der Waals surface area contributed by atoms with Crippen LogP contribution in [-0.2, 0) is 20.9 Å². The second kappa shape index (κ2) is 8.95. The van der Waals surface area contributed by atoms with Crippen molar-refractivity contribution >= 4 is 23.5 Å². The summed E-state index contributed by atoms with van der Waals surface area (Å²) in [6.45, 7) is -0.0424. The van der Waals surface area contributed by atoms with Crippen LogP contribution in [0.3, 0.4) is 0 Å². The number of halogens is 1. The average molecular weight is 418 g/mol. The summed E-state index contributed by atoms with van der Waals surface area (Å²) in [5.41, 5.74) is 0.652. The van der Waals surface area contributed by atoms with E-state index >= 15 is 0 Å². The van der Waals surface area contributed by atoms with Crippen molar-refractivity contribution in [2.45, 2.75) is 57.5 Å². The number of amides is 1. The van der Waals surface area contributed by atoms with Crippen molar-refractivity contribution in [3.63, 3.8) is 0 Å². The van der Waals surface area contributed by atoms with Crippen molar-refractivity contribution in [1.82, 2.24) is 15.1 Å². The molecule has 0 N–H and O–H groups in total. The molecule has 0 saturated heterocycles. The van der Waals surface area contributed by atoms with Gasteiger partial charge in [0.1, 0.15) is 0 Å². The number of carbonyl (C=O) groups is 2. The van der Waals surface area contributed by atoms with Gasteiger partial charge in [0.15, 0.2) is 6.61 Å². The van der Waals surface area contributed by atoms with Gasteiger partial charge in [-0.1, -0.05) is 43.0 Å². The van der Waals surface area contributed by atoms with Crippen LogP contribution >= 0.6 is 11.6 Å². The van der Waals surface area contributed by atoms with E-state index in [1.807, 2.05) is 12.1 Å². The largest absolute Gasteiger partial charge is 0.455 e. The molecule has 154 valence electrons. The number of benzene rings is 1. The zero-order valence-electron chi connectivity index (χ0n) is 16.2. The minimum absolute atomic E-state index is 0.0694. The van der Waals surface area contributed by atoms with Crippen LogP contribution in [0.1, 0.15) is 50.8 Å². The maximum atomic E-state index is 12.7. The Balaban J connectivity index is 1.36. The molecule has 1 amide bonds. The Bertz CT molecular complexity index is 874. The Labute approximate surface area is 174 Å². The Hall–Kier alpha value is -2.41. The van der Waals surface area contributed by atoms with Gasteiger partial charge in [-0.3, -0.25) is 9.59 Å². The third-order valence-electron chi connectivity index (χ3n) is 5.46. The Morgan fingerprint density at radius 1 is 1.10 bits per heavy atom. The highest BCUT2D eigenvalue weighted by atomic mass is 35.5. The smallest absolute Gasteiger partial charge is 0.309 e. The van der Waals surface area contributed by atoms with Gasteiger partial charge < -0.3 is 14.1 Å². The zero-order chi connectivity index (χ0) is 20.2. The minimum Gasteiger partial charge on any atom is -0.455 e. The molecule has 0 spiro atoms. The molecule has 0 radical (unpaired) electrons. The topological polar surface area (TPSA) is 85.5 Å². The fourth-order valence-corrected chi connectivity index (χ4v) is 3.90. The molecule has 1 aromatic carbocycles. The van der Waals surface area contributed by atoms with E-state index in [1.54, 1.807) is 17.0 Å². The van der Waals surface area contributed by atoms with Gasteiger partial charge in [-0.05, 0) is 37.8 Å². The number of esters is 1. The summed E-state index contributed by atoms with van der Waals surface area (Å²) in [6, 6.07) is 7.35. The normalized spacial score (nSPS) is 17.1. The number of hydrogen-bond donors (Lipinski definition) is 0. The van der Waals surface area contributed by atoms with E-state index in [4.69, 9.17) is 20.8 Å². The third kappa shape index (κ3) is 4.96. The lowest BCUT2D eigenvalue weighted by atomic mass is 9.89. The summed E-state index contributed by atoms with van der Waals surface area (Å²) >= 11 is 6.18. The van der Waals surface area contributed by atoms with Gasteiger partial charge in [0.25, 0.3) is 5.91 Å². The maximum absolute atomic E-state index is 12.7. The van der Waals surface area contributed by atoms with Crippen molar-refractivity contribution < 1.29 is 18.7 Å². The first-order valence-electron chi connectivity index (χ1n) is 10.1. The number of aromatic nitrogens is 2. The van der Waals surface area contributed by atoms with E-state index < -0.39 is 0 Å². The van der Waals surface area contributed by atoms with E-state index in [2.05, 4.69) is 10.2 Å². The second-order valence-electron chi connectivity index (χ2n) is 7.68. The van der Waals surface area contributed by atoms with Crippen LogP contribution in [0.25, 0.3) is 11.5 Å². The highest BCUT2D eigenvalue weighted by Crippen LogP contribution is 2.30. The molecule has 8 heteroatoms. The quantitative estimate of drug-likeness (QED) is 0.633. The molecule has 7 nitrogen and oxygen atoms in total. The first kappa shape index (κ1) is 19.9. The molecule has 0 aliphatic heterocycles. The molecular weight excluding hydrogens is 394 g/mol. The van der Waals surface area contributed by atoms with E-state index in [-0.39, 0.29) is 37.0 Å². The summed E-state index contributed by atoms with van der Waals surface area (Å²) in [5, 5.41) is 8.63. The van der Waals surface area contributed by atoms with Crippen molar-refractivity contribution in [2.75, 3.05) is 6.61 Å². The number of carbonyl (C=O) groups excluding carboxylic acids is 2. The van der Waals surface area contributed by atoms with Gasteiger partial charge in [-0.2, -0.15) is 0 Å². The van der Waals surface area contributed by atoms with Gasteiger partial charge in [0.05, 0.1) is 23.0 Å². The van der Waals surface area contributed by atoms with E-state index in [0.29, 0.717) is 22.4 Å². The van der Waals surface area contributed by atoms with Gasteiger partial charge in [-0.15, -0.1) is 10.2 Å². The lowest BCUT2D eigenvalue weighted by Gasteiger charge is -2.22. The summed E-state index contributed by atoms with van der Waals surface area (Å²) in [6.07, 6.45) is 6.82. The minimum atomic E-state index is -0.257. The second-order valence-corrected chi connectivity index (χ2v) is 8.08. The van der Waals surface area contributed by atoms with E-state index in [9.17, 15) is 9.59 Å². The Morgan fingerprint density at radius 3 is 2.59 bits per heavy atom. The number of ether oxygens (including phenoxy) is 1. The van der Waals surface area contributed by atoms with Gasteiger partial charge in [0, 0.05) is 6.04 Å². The molecular formula is C21H24ClN3O4. The SMILES string of the molecule is O=C(OCC(=O)N(Cc1nnc(-c2ccccc2Cl)o1)C1CC1)C1CCCCC1. The highest BCUT2D eigenvalue weighted by Gasteiger charge is 2.34. The van der Waals surface area contributed by atoms with Gasteiger partial charge in [-0.25, -0.2) is 0 Å². The highest BCUT2D eigenvalue weighted by molar-refractivity contribution is 6.33.